The summed E-state index contributed by atoms with van der Waals surface area (Å²) < 4.78 is 7.47. The molecule has 0 radical (unpaired) electrons. The Morgan fingerprint density at radius 3 is 2.83 bits per heavy atom. The van der Waals surface area contributed by atoms with Crippen molar-refractivity contribution in [2.45, 2.75) is 25.6 Å². The molecule has 0 fully saturated rings. The topological polar surface area (TPSA) is 80.8 Å². The van der Waals surface area contributed by atoms with Gasteiger partial charge < -0.3 is 14.4 Å². The van der Waals surface area contributed by atoms with Gasteiger partial charge in [0.1, 0.15) is 0 Å². The second kappa shape index (κ2) is 7.97. The van der Waals surface area contributed by atoms with Crippen LogP contribution in [0.4, 0.5) is 5.69 Å². The lowest BCUT2D eigenvalue weighted by atomic mass is 10.0. The van der Waals surface area contributed by atoms with Crippen molar-refractivity contribution in [3.63, 3.8) is 0 Å². The Morgan fingerprint density at radius 1 is 1.17 bits per heavy atom. The molecule has 1 aliphatic rings. The van der Waals surface area contributed by atoms with Crippen molar-refractivity contribution in [1.29, 1.82) is 0 Å². The predicted octanol–water partition coefficient (Wildman–Crippen LogP) is 4.11. The van der Waals surface area contributed by atoms with Crippen LogP contribution in [-0.2, 0) is 13.1 Å². The first-order chi connectivity index (χ1) is 14.1. The molecule has 0 saturated carbocycles. The smallest absolute Gasteiger partial charge is 0.269 e. The van der Waals surface area contributed by atoms with E-state index in [0.717, 1.165) is 36.3 Å². The predicted molar refractivity (Wildman–Crippen MR) is 109 cm³/mol. The van der Waals surface area contributed by atoms with E-state index in [-0.39, 0.29) is 22.4 Å². The van der Waals surface area contributed by atoms with Crippen LogP contribution in [0.15, 0.2) is 60.8 Å². The maximum atomic E-state index is 11.3. The van der Waals surface area contributed by atoms with Gasteiger partial charge >= 0.3 is 0 Å². The number of phenolic OH excluding ortho intramolecular Hbond substituents is 1. The highest BCUT2D eigenvalue weighted by molar-refractivity contribution is 5.42. The zero-order valence-electron chi connectivity index (χ0n) is 16.2. The van der Waals surface area contributed by atoms with Gasteiger partial charge in [0.25, 0.3) is 5.69 Å². The molecule has 1 aromatic heterocycles. The van der Waals surface area contributed by atoms with Gasteiger partial charge in [-0.25, -0.2) is 0 Å². The van der Waals surface area contributed by atoms with E-state index in [9.17, 15) is 15.2 Å². The zero-order chi connectivity index (χ0) is 20.4. The summed E-state index contributed by atoms with van der Waals surface area (Å²) in [5.41, 5.74) is 3.12. The van der Waals surface area contributed by atoms with Gasteiger partial charge in [0.15, 0.2) is 11.5 Å². The van der Waals surface area contributed by atoms with Crippen molar-refractivity contribution in [3.8, 4) is 11.5 Å². The van der Waals surface area contributed by atoms with Gasteiger partial charge in [-0.3, -0.25) is 15.0 Å². The molecule has 0 spiro atoms. The molecule has 0 amide bonds. The molecule has 4 rings (SSSR count). The molecular formula is C22H23N3O4. The minimum absolute atomic E-state index is 0.0936. The van der Waals surface area contributed by atoms with Gasteiger partial charge in [-0.1, -0.05) is 18.2 Å². The first kappa shape index (κ1) is 19.0. The summed E-state index contributed by atoms with van der Waals surface area (Å²) in [5.74, 6) is 0.545. The van der Waals surface area contributed by atoms with E-state index >= 15 is 0 Å². The molecule has 7 nitrogen and oxygen atoms in total. The molecule has 1 unspecified atom stereocenters. The number of hydrogen-bond donors (Lipinski definition) is 1. The third-order valence-electron chi connectivity index (χ3n) is 5.38. The average molecular weight is 393 g/mol. The number of fused-ring (bicyclic) bond motifs is 1. The highest BCUT2D eigenvalue weighted by Gasteiger charge is 2.28. The Labute approximate surface area is 168 Å². The summed E-state index contributed by atoms with van der Waals surface area (Å²) in [6, 6.07) is 16.2. The molecule has 1 N–H and O–H groups in total. The number of aryl methyl sites for hydroxylation is 1. The molecule has 7 heteroatoms. The summed E-state index contributed by atoms with van der Waals surface area (Å²) in [7, 11) is 1.53. The maximum Gasteiger partial charge on any atom is 0.269 e. The second-order valence-electron chi connectivity index (χ2n) is 7.21. The Morgan fingerprint density at radius 2 is 2.03 bits per heavy atom. The quantitative estimate of drug-likeness (QED) is 0.521. The minimum atomic E-state index is -0.353. The lowest BCUT2D eigenvalue weighted by Gasteiger charge is -2.30. The monoisotopic (exact) mass is 393 g/mol. The van der Waals surface area contributed by atoms with Crippen LogP contribution in [0, 0.1) is 10.1 Å². The highest BCUT2D eigenvalue weighted by Crippen LogP contribution is 2.35. The van der Waals surface area contributed by atoms with Crippen molar-refractivity contribution < 1.29 is 14.8 Å². The summed E-state index contributed by atoms with van der Waals surface area (Å²) >= 11 is 0. The fraction of sp³-hybridized carbons (Fsp3) is 0.273. The normalized spacial score (nSPS) is 16.8. The summed E-state index contributed by atoms with van der Waals surface area (Å²) in [4.78, 5) is 13.3. The number of nitrogens with zero attached hydrogens (tertiary/aromatic N) is 3. The molecule has 0 saturated heterocycles. The average Bonchev–Trinajstić information content (AvgIpc) is 3.10. The standard InChI is InChI=1S/C22H23N3O4/c1-29-21-13-16(8-9-20(21)26)15-24-12-4-11-23-10-3-7-19(23)22(24)17-5-2-6-18(14-17)25(27)28/h2-3,5-10,13-14,22,26H,4,11-12,15H2,1H3. The second-order valence-corrected chi connectivity index (χ2v) is 7.21. The molecule has 150 valence electrons. The number of ether oxygens (including phenoxy) is 1. The van der Waals surface area contributed by atoms with Crippen molar-refractivity contribution in [2.24, 2.45) is 0 Å². The highest BCUT2D eigenvalue weighted by atomic mass is 16.6. The van der Waals surface area contributed by atoms with Crippen LogP contribution in [-0.4, -0.2) is 33.2 Å². The molecule has 0 bridgehead atoms. The number of aromatic nitrogens is 1. The number of non-ortho nitro benzene ring substituents is 1. The molecule has 29 heavy (non-hydrogen) atoms. The third-order valence-corrected chi connectivity index (χ3v) is 5.38. The summed E-state index contributed by atoms with van der Waals surface area (Å²) in [6.07, 6.45) is 3.04. The summed E-state index contributed by atoms with van der Waals surface area (Å²) in [5, 5.41) is 21.2. The van der Waals surface area contributed by atoms with Crippen molar-refractivity contribution in [2.75, 3.05) is 13.7 Å². The third kappa shape index (κ3) is 3.82. The zero-order valence-corrected chi connectivity index (χ0v) is 16.2. The molecular weight excluding hydrogens is 370 g/mol. The van der Waals surface area contributed by atoms with E-state index in [1.165, 1.54) is 13.2 Å². The Bertz CT molecular complexity index is 1030. The lowest BCUT2D eigenvalue weighted by Crippen LogP contribution is -2.29. The number of nitro benzene ring substituents is 1. The summed E-state index contributed by atoms with van der Waals surface area (Å²) in [6.45, 7) is 2.39. The van der Waals surface area contributed by atoms with E-state index in [1.54, 1.807) is 18.2 Å². The van der Waals surface area contributed by atoms with Gasteiger partial charge in [-0.15, -0.1) is 0 Å². The van der Waals surface area contributed by atoms with Gasteiger partial charge in [0.2, 0.25) is 0 Å². The first-order valence-electron chi connectivity index (χ1n) is 9.56. The van der Waals surface area contributed by atoms with Gasteiger partial charge in [0, 0.05) is 43.7 Å². The van der Waals surface area contributed by atoms with Crippen molar-refractivity contribution >= 4 is 5.69 Å². The number of methoxy groups -OCH3 is 1. The SMILES string of the molecule is COc1cc(CN2CCCn3cccc3C2c2cccc([N+](=O)[O-])c2)ccc1O. The van der Waals surface area contributed by atoms with Crippen LogP contribution in [0.3, 0.4) is 0 Å². The number of phenols is 1. The van der Waals surface area contributed by atoms with Crippen LogP contribution in [0.1, 0.15) is 29.3 Å². The number of benzene rings is 2. The van der Waals surface area contributed by atoms with Crippen LogP contribution in [0.5, 0.6) is 11.5 Å². The molecule has 2 aromatic carbocycles. The first-order valence-corrected chi connectivity index (χ1v) is 9.56. The van der Waals surface area contributed by atoms with E-state index in [0.29, 0.717) is 12.3 Å². The van der Waals surface area contributed by atoms with E-state index in [2.05, 4.69) is 21.7 Å². The minimum Gasteiger partial charge on any atom is -0.504 e. The Hall–Kier alpha value is -3.32. The van der Waals surface area contributed by atoms with Gasteiger partial charge in [-0.05, 0) is 41.8 Å². The van der Waals surface area contributed by atoms with Crippen LogP contribution in [0.25, 0.3) is 0 Å². The van der Waals surface area contributed by atoms with Crippen LogP contribution >= 0.6 is 0 Å². The van der Waals surface area contributed by atoms with Crippen molar-refractivity contribution in [3.05, 3.63) is 87.7 Å². The van der Waals surface area contributed by atoms with E-state index < -0.39 is 0 Å². The number of hydrogen-bond acceptors (Lipinski definition) is 5. The number of nitro groups is 1. The molecule has 1 aliphatic heterocycles. The number of aromatic hydroxyl groups is 1. The van der Waals surface area contributed by atoms with Crippen molar-refractivity contribution in [1.82, 2.24) is 9.47 Å². The fourth-order valence-electron chi connectivity index (χ4n) is 4.05. The van der Waals surface area contributed by atoms with Crippen LogP contribution in [0.2, 0.25) is 0 Å². The molecule has 3 aromatic rings. The maximum absolute atomic E-state index is 11.3. The molecule has 0 aliphatic carbocycles. The largest absolute Gasteiger partial charge is 0.504 e. The van der Waals surface area contributed by atoms with E-state index in [1.807, 2.05) is 24.3 Å². The van der Waals surface area contributed by atoms with Gasteiger partial charge in [-0.2, -0.15) is 0 Å². The van der Waals surface area contributed by atoms with E-state index in [4.69, 9.17) is 4.74 Å². The molecule has 1 atom stereocenters. The lowest BCUT2D eigenvalue weighted by molar-refractivity contribution is -0.384. The molecule has 2 heterocycles. The van der Waals surface area contributed by atoms with Gasteiger partial charge in [0.05, 0.1) is 18.1 Å². The fourth-order valence-corrected chi connectivity index (χ4v) is 4.05. The number of rotatable bonds is 5. The van der Waals surface area contributed by atoms with Crippen LogP contribution < -0.4 is 4.74 Å². The Kier molecular flexibility index (Phi) is 5.22. The Balaban J connectivity index is 1.75.